The molecule has 1 saturated carbocycles. The van der Waals surface area contributed by atoms with Gasteiger partial charge in [0.05, 0.1) is 18.5 Å². The molecule has 4 rings (SSSR count). The molecule has 1 aromatic carbocycles. The number of pyridine rings is 1. The largest absolute Gasteiger partial charge is 0.488 e. The van der Waals surface area contributed by atoms with E-state index in [-0.39, 0.29) is 12.7 Å². The number of anilines is 1. The van der Waals surface area contributed by atoms with Crippen LogP contribution in [-0.2, 0) is 6.61 Å². The maximum atomic E-state index is 9.46. The van der Waals surface area contributed by atoms with Gasteiger partial charge in [0.1, 0.15) is 16.9 Å². The lowest BCUT2D eigenvalue weighted by Crippen LogP contribution is -2.44. The molecule has 0 radical (unpaired) electrons. The fourth-order valence-electron chi connectivity index (χ4n) is 4.55. The predicted molar refractivity (Wildman–Crippen MR) is 131 cm³/mol. The standard InChI is InChI=1S/C25H36N4O2S/c1-27(2)20-7-5-8-21(15-20)31-24-16-25(32-22-9-4-6-19(14-22)18-30)26-17-23(24)29-12-10-28(3)11-13-29/h4,6,9,14,16-17,20-21,30H,5,7-8,10-13,15,18H2,1-3H3. The summed E-state index contributed by atoms with van der Waals surface area (Å²) in [6.45, 7) is 4.13. The van der Waals surface area contributed by atoms with Crippen LogP contribution in [-0.4, -0.2) is 79.4 Å². The molecule has 2 heterocycles. The molecule has 2 unspecified atom stereocenters. The SMILES string of the molecule is CN1CCN(c2cnc(Sc3cccc(CO)c3)cc2OC2CCCC(N(C)C)C2)CC1. The van der Waals surface area contributed by atoms with Gasteiger partial charge >= 0.3 is 0 Å². The summed E-state index contributed by atoms with van der Waals surface area (Å²) in [6, 6.07) is 10.7. The second-order valence-corrected chi connectivity index (χ2v) is 10.3. The Morgan fingerprint density at radius 3 is 2.72 bits per heavy atom. The smallest absolute Gasteiger partial charge is 0.147 e. The second-order valence-electron chi connectivity index (χ2n) is 9.21. The van der Waals surface area contributed by atoms with Gasteiger partial charge in [0.15, 0.2) is 0 Å². The van der Waals surface area contributed by atoms with Crippen LogP contribution in [0.15, 0.2) is 46.5 Å². The van der Waals surface area contributed by atoms with Crippen molar-refractivity contribution in [2.45, 2.75) is 54.4 Å². The molecule has 6 nitrogen and oxygen atoms in total. The molecule has 174 valence electrons. The minimum Gasteiger partial charge on any atom is -0.488 e. The fourth-order valence-corrected chi connectivity index (χ4v) is 5.42. The van der Waals surface area contributed by atoms with Crippen LogP contribution in [0.2, 0.25) is 0 Å². The summed E-state index contributed by atoms with van der Waals surface area (Å²) in [5.74, 6) is 0.953. The maximum Gasteiger partial charge on any atom is 0.147 e. The Balaban J connectivity index is 1.57. The van der Waals surface area contributed by atoms with Crippen molar-refractivity contribution < 1.29 is 9.84 Å². The summed E-state index contributed by atoms with van der Waals surface area (Å²) in [7, 11) is 6.52. The summed E-state index contributed by atoms with van der Waals surface area (Å²) in [6.07, 6.45) is 6.86. The number of ether oxygens (including phenoxy) is 1. The highest BCUT2D eigenvalue weighted by atomic mass is 32.2. The third kappa shape index (κ3) is 5.95. The molecular weight excluding hydrogens is 420 g/mol. The van der Waals surface area contributed by atoms with E-state index < -0.39 is 0 Å². The van der Waals surface area contributed by atoms with Crippen molar-refractivity contribution in [1.82, 2.24) is 14.8 Å². The molecule has 1 N–H and O–H groups in total. The highest BCUT2D eigenvalue weighted by Crippen LogP contribution is 2.37. The van der Waals surface area contributed by atoms with Gasteiger partial charge in [-0.3, -0.25) is 0 Å². The number of aliphatic hydroxyl groups is 1. The number of aliphatic hydroxyl groups excluding tert-OH is 1. The van der Waals surface area contributed by atoms with Gasteiger partial charge in [-0.15, -0.1) is 0 Å². The summed E-state index contributed by atoms with van der Waals surface area (Å²) in [5, 5.41) is 10.4. The van der Waals surface area contributed by atoms with Gasteiger partial charge in [-0.1, -0.05) is 23.9 Å². The number of hydrogen-bond donors (Lipinski definition) is 1. The molecule has 1 aromatic heterocycles. The molecule has 32 heavy (non-hydrogen) atoms. The molecule has 2 aliphatic rings. The van der Waals surface area contributed by atoms with E-state index in [4.69, 9.17) is 9.72 Å². The molecule has 2 aromatic rings. The van der Waals surface area contributed by atoms with E-state index in [0.29, 0.717) is 6.04 Å². The van der Waals surface area contributed by atoms with Crippen molar-refractivity contribution in [3.8, 4) is 5.75 Å². The summed E-state index contributed by atoms with van der Waals surface area (Å²) >= 11 is 1.62. The first kappa shape index (κ1) is 23.4. The number of benzene rings is 1. The average molecular weight is 457 g/mol. The molecule has 2 atom stereocenters. The van der Waals surface area contributed by atoms with Crippen LogP contribution in [0.3, 0.4) is 0 Å². The zero-order chi connectivity index (χ0) is 22.5. The van der Waals surface area contributed by atoms with Gasteiger partial charge < -0.3 is 24.5 Å². The van der Waals surface area contributed by atoms with Gasteiger partial charge in [0, 0.05) is 43.2 Å². The highest BCUT2D eigenvalue weighted by Gasteiger charge is 2.27. The van der Waals surface area contributed by atoms with Crippen LogP contribution < -0.4 is 9.64 Å². The number of rotatable bonds is 7. The van der Waals surface area contributed by atoms with Crippen LogP contribution in [0.1, 0.15) is 31.2 Å². The lowest BCUT2D eigenvalue weighted by atomic mass is 9.92. The van der Waals surface area contributed by atoms with Crippen LogP contribution >= 0.6 is 11.8 Å². The van der Waals surface area contributed by atoms with E-state index in [1.807, 2.05) is 24.4 Å². The van der Waals surface area contributed by atoms with Crippen molar-refractivity contribution in [1.29, 1.82) is 0 Å². The summed E-state index contributed by atoms with van der Waals surface area (Å²) in [5.41, 5.74) is 2.02. The van der Waals surface area contributed by atoms with Gasteiger partial charge in [0.25, 0.3) is 0 Å². The molecule has 1 saturated heterocycles. The zero-order valence-corrected chi connectivity index (χ0v) is 20.4. The topological polar surface area (TPSA) is 52.1 Å². The number of nitrogens with zero attached hydrogens (tertiary/aromatic N) is 4. The number of piperazine rings is 1. The van der Waals surface area contributed by atoms with E-state index in [1.54, 1.807) is 11.8 Å². The van der Waals surface area contributed by atoms with E-state index >= 15 is 0 Å². The first-order valence-electron chi connectivity index (χ1n) is 11.7. The Labute approximate surface area is 196 Å². The van der Waals surface area contributed by atoms with Crippen LogP contribution in [0.5, 0.6) is 5.75 Å². The van der Waals surface area contributed by atoms with Crippen molar-refractivity contribution in [3.05, 3.63) is 42.1 Å². The molecule has 0 spiro atoms. The quantitative estimate of drug-likeness (QED) is 0.681. The molecule has 0 amide bonds. The van der Waals surface area contributed by atoms with Crippen LogP contribution in [0.25, 0.3) is 0 Å². The van der Waals surface area contributed by atoms with Crippen LogP contribution in [0, 0.1) is 0 Å². The Morgan fingerprint density at radius 2 is 1.97 bits per heavy atom. The van der Waals surface area contributed by atoms with E-state index in [1.165, 1.54) is 12.8 Å². The van der Waals surface area contributed by atoms with Crippen molar-refractivity contribution >= 4 is 17.4 Å². The van der Waals surface area contributed by atoms with Crippen molar-refractivity contribution in [3.63, 3.8) is 0 Å². The summed E-state index contributed by atoms with van der Waals surface area (Å²) in [4.78, 5) is 13.0. The van der Waals surface area contributed by atoms with Gasteiger partial charge in [0.2, 0.25) is 0 Å². The highest BCUT2D eigenvalue weighted by molar-refractivity contribution is 7.99. The first-order chi connectivity index (χ1) is 15.5. The van der Waals surface area contributed by atoms with Crippen molar-refractivity contribution in [2.75, 3.05) is 52.2 Å². The number of hydrogen-bond acceptors (Lipinski definition) is 7. The Morgan fingerprint density at radius 1 is 1.16 bits per heavy atom. The van der Waals surface area contributed by atoms with Gasteiger partial charge in [-0.25, -0.2) is 4.98 Å². The molecule has 1 aliphatic carbocycles. The maximum absolute atomic E-state index is 9.46. The van der Waals surface area contributed by atoms with E-state index in [9.17, 15) is 5.11 Å². The number of likely N-dealkylation sites (N-methyl/N-ethyl adjacent to an activating group) is 1. The Hall–Kier alpha value is -1.80. The monoisotopic (exact) mass is 456 g/mol. The lowest BCUT2D eigenvalue weighted by molar-refractivity contribution is 0.100. The summed E-state index contributed by atoms with van der Waals surface area (Å²) < 4.78 is 6.69. The van der Waals surface area contributed by atoms with Crippen LogP contribution in [0.4, 0.5) is 5.69 Å². The van der Waals surface area contributed by atoms with Gasteiger partial charge in [-0.05, 0) is 64.5 Å². The Bertz CT molecular complexity index is 886. The molecular formula is C25H36N4O2S. The third-order valence-corrected chi connectivity index (χ3v) is 7.51. The van der Waals surface area contributed by atoms with E-state index in [0.717, 1.165) is 65.9 Å². The average Bonchev–Trinajstić information content (AvgIpc) is 2.80. The molecule has 2 fully saturated rings. The second kappa shape index (κ2) is 10.9. The predicted octanol–water partition coefficient (Wildman–Crippen LogP) is 3.73. The molecule has 0 bridgehead atoms. The first-order valence-corrected chi connectivity index (χ1v) is 12.5. The number of aromatic nitrogens is 1. The van der Waals surface area contributed by atoms with E-state index in [2.05, 4.69) is 48.0 Å². The Kier molecular flexibility index (Phi) is 7.94. The molecule has 7 heteroatoms. The third-order valence-electron chi connectivity index (χ3n) is 6.59. The minimum atomic E-state index is 0.0489. The van der Waals surface area contributed by atoms with Crippen molar-refractivity contribution in [2.24, 2.45) is 0 Å². The normalized spacial score (nSPS) is 22.3. The van der Waals surface area contributed by atoms with Gasteiger partial charge in [-0.2, -0.15) is 0 Å². The zero-order valence-electron chi connectivity index (χ0n) is 19.5. The lowest BCUT2D eigenvalue weighted by Gasteiger charge is -2.37. The minimum absolute atomic E-state index is 0.0489. The molecule has 1 aliphatic heterocycles. The fraction of sp³-hybridized carbons (Fsp3) is 0.560.